The molecular formula is C30H29ClN6O4S2. The van der Waals surface area contributed by atoms with Gasteiger partial charge in [0.1, 0.15) is 17.3 Å². The molecule has 10 nitrogen and oxygen atoms in total. The van der Waals surface area contributed by atoms with E-state index in [4.69, 9.17) is 26.8 Å². The van der Waals surface area contributed by atoms with Crippen LogP contribution in [0, 0.1) is 16.7 Å². The zero-order valence-electron chi connectivity index (χ0n) is 23.9. The number of nitrogens with one attached hydrogen (secondary N) is 1. The maximum absolute atomic E-state index is 13.6. The number of rotatable bonds is 8. The molecular weight excluding hydrogens is 608 g/mol. The van der Waals surface area contributed by atoms with Gasteiger partial charge in [0, 0.05) is 23.8 Å². The molecule has 1 amide bonds. The molecule has 3 aromatic rings. The highest BCUT2D eigenvalue weighted by molar-refractivity contribution is 8.01. The third-order valence-corrected chi connectivity index (χ3v) is 9.51. The van der Waals surface area contributed by atoms with Crippen molar-refractivity contribution in [2.24, 2.45) is 11.1 Å². The van der Waals surface area contributed by atoms with Gasteiger partial charge >= 0.3 is 0 Å². The normalized spacial score (nSPS) is 17.8. The number of ketones is 1. The lowest BCUT2D eigenvalue weighted by molar-refractivity contribution is -0.118. The minimum Gasteiger partial charge on any atom is -0.495 e. The van der Waals surface area contributed by atoms with Crippen LogP contribution in [-0.2, 0) is 9.59 Å². The first-order valence-electron chi connectivity index (χ1n) is 13.3. The number of methoxy groups -OCH3 is 2. The van der Waals surface area contributed by atoms with Crippen molar-refractivity contribution in [1.29, 1.82) is 5.26 Å². The van der Waals surface area contributed by atoms with Crippen molar-refractivity contribution in [3.05, 3.63) is 75.7 Å². The highest BCUT2D eigenvalue weighted by atomic mass is 35.5. The Bertz CT molecular complexity index is 1700. The lowest BCUT2D eigenvalue weighted by Gasteiger charge is -2.42. The van der Waals surface area contributed by atoms with Crippen LogP contribution in [-0.4, -0.2) is 41.9 Å². The molecule has 1 unspecified atom stereocenters. The number of nitriles is 1. The minimum atomic E-state index is -0.560. The molecule has 0 radical (unpaired) electrons. The lowest BCUT2D eigenvalue weighted by atomic mass is 9.69. The fourth-order valence-corrected chi connectivity index (χ4v) is 7.25. The Labute approximate surface area is 262 Å². The number of anilines is 2. The number of aromatic nitrogens is 2. The number of hydrogen-bond donors (Lipinski definition) is 2. The highest BCUT2D eigenvalue weighted by Gasteiger charge is 2.45. The van der Waals surface area contributed by atoms with Crippen molar-refractivity contribution in [2.75, 3.05) is 30.2 Å². The SMILES string of the molecule is COc1cc(OC)c(NC(=O)CSc2nnc(N3C(N)=C(C#N)C(c4ccccc4)C4=C3CC(C)(C)CC4=O)s2)cc1Cl. The smallest absolute Gasteiger partial charge is 0.234 e. The molecule has 3 N–H and O–H groups in total. The number of ether oxygens (including phenoxy) is 2. The van der Waals surface area contributed by atoms with Crippen LogP contribution in [0.5, 0.6) is 11.5 Å². The highest BCUT2D eigenvalue weighted by Crippen LogP contribution is 2.50. The third kappa shape index (κ3) is 6.06. The first-order valence-corrected chi connectivity index (χ1v) is 15.4. The molecule has 222 valence electrons. The van der Waals surface area contributed by atoms with Gasteiger partial charge in [0.25, 0.3) is 0 Å². The van der Waals surface area contributed by atoms with Crippen molar-refractivity contribution in [3.8, 4) is 17.6 Å². The molecule has 0 fully saturated rings. The standard InChI is InChI=1S/C30H29ClN6O4S2/c1-30(2)12-20-26(21(38)13-30)25(16-8-6-5-7-9-16)17(14-32)27(33)37(20)28-35-36-29(43-28)42-15-24(39)34-19-10-18(31)22(40-3)11-23(19)41-4/h5-11,25H,12-13,15,33H2,1-4H3,(H,34,39). The lowest BCUT2D eigenvalue weighted by Crippen LogP contribution is -2.42. The molecule has 1 aliphatic heterocycles. The van der Waals surface area contributed by atoms with Crippen molar-refractivity contribution >= 4 is 57.2 Å². The number of Topliss-reactive ketones (excluding diaryl/α,β-unsaturated/α-hetero) is 1. The molecule has 2 aromatic carbocycles. The summed E-state index contributed by atoms with van der Waals surface area (Å²) in [5.74, 6) is 0.196. The number of benzene rings is 2. The molecule has 13 heteroatoms. The van der Waals surface area contributed by atoms with E-state index in [0.29, 0.717) is 50.1 Å². The second kappa shape index (κ2) is 12.3. The van der Waals surface area contributed by atoms with Crippen LogP contribution in [0.3, 0.4) is 0 Å². The van der Waals surface area contributed by atoms with E-state index in [9.17, 15) is 14.9 Å². The van der Waals surface area contributed by atoms with E-state index in [1.807, 2.05) is 44.2 Å². The summed E-state index contributed by atoms with van der Waals surface area (Å²) in [6, 6.07) is 14.9. The molecule has 1 aliphatic carbocycles. The van der Waals surface area contributed by atoms with Gasteiger partial charge in [0.2, 0.25) is 11.0 Å². The summed E-state index contributed by atoms with van der Waals surface area (Å²) in [4.78, 5) is 28.1. The largest absolute Gasteiger partial charge is 0.495 e. The average molecular weight is 637 g/mol. The van der Waals surface area contributed by atoms with Gasteiger partial charge in [0.05, 0.1) is 48.2 Å². The molecule has 1 atom stereocenters. The molecule has 43 heavy (non-hydrogen) atoms. The average Bonchev–Trinajstić information content (AvgIpc) is 3.44. The van der Waals surface area contributed by atoms with Crippen LogP contribution < -0.4 is 25.4 Å². The molecule has 5 rings (SSSR count). The number of hydrogen-bond acceptors (Lipinski definition) is 11. The Morgan fingerprint density at radius 2 is 1.93 bits per heavy atom. The maximum Gasteiger partial charge on any atom is 0.234 e. The zero-order valence-corrected chi connectivity index (χ0v) is 26.3. The number of carbonyl (C=O) groups is 2. The number of halogens is 1. The quantitative estimate of drug-likeness (QED) is 0.288. The second-order valence-corrected chi connectivity index (χ2v) is 13.4. The molecule has 0 saturated heterocycles. The molecule has 2 aliphatic rings. The van der Waals surface area contributed by atoms with E-state index in [2.05, 4.69) is 21.6 Å². The van der Waals surface area contributed by atoms with E-state index >= 15 is 0 Å². The second-order valence-electron chi connectivity index (χ2n) is 10.8. The molecule has 0 spiro atoms. The molecule has 2 heterocycles. The number of thioether (sulfide) groups is 1. The van der Waals surface area contributed by atoms with E-state index in [0.717, 1.165) is 11.3 Å². The van der Waals surface area contributed by atoms with Gasteiger partial charge in [-0.2, -0.15) is 5.26 Å². The predicted molar refractivity (Wildman–Crippen MR) is 167 cm³/mol. The van der Waals surface area contributed by atoms with Gasteiger partial charge in [-0.05, 0) is 23.5 Å². The van der Waals surface area contributed by atoms with Crippen LogP contribution in [0.15, 0.2) is 69.5 Å². The Hall–Kier alpha value is -4.05. The van der Waals surface area contributed by atoms with E-state index < -0.39 is 5.92 Å². The van der Waals surface area contributed by atoms with Crippen molar-refractivity contribution in [2.45, 2.75) is 36.9 Å². The Morgan fingerprint density at radius 3 is 2.60 bits per heavy atom. The maximum atomic E-state index is 13.6. The van der Waals surface area contributed by atoms with Gasteiger partial charge in [-0.1, -0.05) is 78.9 Å². The zero-order chi connectivity index (χ0) is 30.9. The summed E-state index contributed by atoms with van der Waals surface area (Å²) in [5.41, 5.74) is 9.18. The van der Waals surface area contributed by atoms with E-state index in [-0.39, 0.29) is 34.3 Å². The topological polar surface area (TPSA) is 143 Å². The van der Waals surface area contributed by atoms with Gasteiger partial charge in [0.15, 0.2) is 10.1 Å². The van der Waals surface area contributed by atoms with Gasteiger partial charge in [-0.15, -0.1) is 10.2 Å². The predicted octanol–water partition coefficient (Wildman–Crippen LogP) is 5.88. The summed E-state index contributed by atoms with van der Waals surface area (Å²) in [6.07, 6.45) is 0.922. The van der Waals surface area contributed by atoms with Crippen molar-refractivity contribution in [1.82, 2.24) is 10.2 Å². The van der Waals surface area contributed by atoms with Crippen molar-refractivity contribution < 1.29 is 19.1 Å². The van der Waals surface area contributed by atoms with Crippen LogP contribution >= 0.6 is 34.7 Å². The summed E-state index contributed by atoms with van der Waals surface area (Å²) in [6.45, 7) is 4.07. The monoisotopic (exact) mass is 636 g/mol. The summed E-state index contributed by atoms with van der Waals surface area (Å²) >= 11 is 8.65. The first-order chi connectivity index (χ1) is 20.6. The fraction of sp³-hybridized carbons (Fsp3) is 0.300. The van der Waals surface area contributed by atoms with Gasteiger partial charge in [-0.25, -0.2) is 0 Å². The number of amides is 1. The third-order valence-electron chi connectivity index (χ3n) is 7.18. The van der Waals surface area contributed by atoms with Gasteiger partial charge < -0.3 is 20.5 Å². The van der Waals surface area contributed by atoms with E-state index in [1.165, 1.54) is 37.3 Å². The van der Waals surface area contributed by atoms with Crippen LogP contribution in [0.25, 0.3) is 0 Å². The number of nitrogens with zero attached hydrogens (tertiary/aromatic N) is 4. The minimum absolute atomic E-state index is 0.0183. The number of carbonyl (C=O) groups excluding carboxylic acids is 2. The molecule has 0 bridgehead atoms. The fourth-order valence-electron chi connectivity index (χ4n) is 5.33. The van der Waals surface area contributed by atoms with Crippen molar-refractivity contribution in [3.63, 3.8) is 0 Å². The van der Waals surface area contributed by atoms with Crippen LogP contribution in [0.1, 0.15) is 38.2 Å². The summed E-state index contributed by atoms with van der Waals surface area (Å²) in [5, 5.41) is 22.4. The number of nitrogens with two attached hydrogens (primary N) is 1. The molecule has 1 aromatic heterocycles. The molecule has 0 saturated carbocycles. The Kier molecular flexibility index (Phi) is 8.69. The summed E-state index contributed by atoms with van der Waals surface area (Å²) in [7, 11) is 2.98. The number of allylic oxidation sites excluding steroid dienone is 3. The Balaban J connectivity index is 1.42. The van der Waals surface area contributed by atoms with Gasteiger partial charge in [-0.3, -0.25) is 14.5 Å². The van der Waals surface area contributed by atoms with E-state index in [1.54, 1.807) is 17.0 Å². The van der Waals surface area contributed by atoms with Crippen LogP contribution in [0.2, 0.25) is 5.02 Å². The summed E-state index contributed by atoms with van der Waals surface area (Å²) < 4.78 is 11.1. The van der Waals surface area contributed by atoms with Crippen LogP contribution in [0.4, 0.5) is 10.8 Å². The Morgan fingerprint density at radius 1 is 1.21 bits per heavy atom. The first kappa shape index (κ1) is 30.4.